The smallest absolute Gasteiger partial charge is 0.269 e. The minimum absolute atomic E-state index is 0.0514. The van der Waals surface area contributed by atoms with Crippen LogP contribution in [0.4, 0.5) is 5.69 Å². The van der Waals surface area contributed by atoms with Gasteiger partial charge >= 0.3 is 0 Å². The van der Waals surface area contributed by atoms with E-state index in [1.165, 1.54) is 6.07 Å². The fourth-order valence-corrected chi connectivity index (χ4v) is 1.49. The molecule has 1 N–H and O–H groups in total. The Hall–Kier alpha value is -2.11. The van der Waals surface area contributed by atoms with Crippen LogP contribution in [0.3, 0.4) is 0 Å². The van der Waals surface area contributed by atoms with Crippen molar-refractivity contribution in [3.8, 4) is 5.75 Å². The summed E-state index contributed by atoms with van der Waals surface area (Å²) in [6.07, 6.45) is 1.76. The summed E-state index contributed by atoms with van der Waals surface area (Å²) >= 11 is 0. The first kappa shape index (κ1) is 11.4. The molecule has 1 saturated carbocycles. The van der Waals surface area contributed by atoms with Gasteiger partial charge in [-0.05, 0) is 18.4 Å². The van der Waals surface area contributed by atoms with E-state index in [1.807, 2.05) is 0 Å². The number of hydrogen-bond donors (Lipinski definition) is 1. The number of hydrogen-bond acceptors (Lipinski definition) is 4. The summed E-state index contributed by atoms with van der Waals surface area (Å²) in [5.41, 5.74) is 0.105. The SMILES string of the molecule is O=C(NCc1cc([N+](=O)[O-])ccc1[O-])C1CC1. The second-order valence-electron chi connectivity index (χ2n) is 4.04. The van der Waals surface area contributed by atoms with Crippen molar-refractivity contribution in [2.45, 2.75) is 19.4 Å². The monoisotopic (exact) mass is 235 g/mol. The van der Waals surface area contributed by atoms with Gasteiger partial charge in [0.05, 0.1) is 4.92 Å². The molecular weight excluding hydrogens is 224 g/mol. The number of amides is 1. The quantitative estimate of drug-likeness (QED) is 0.613. The van der Waals surface area contributed by atoms with E-state index >= 15 is 0 Å². The number of non-ortho nitro benzene ring substituents is 1. The first-order valence-corrected chi connectivity index (χ1v) is 5.30. The molecule has 1 amide bonds. The highest BCUT2D eigenvalue weighted by atomic mass is 16.6. The molecule has 1 fully saturated rings. The maximum atomic E-state index is 11.4. The van der Waals surface area contributed by atoms with Crippen LogP contribution in [0.1, 0.15) is 18.4 Å². The fraction of sp³-hybridized carbons (Fsp3) is 0.364. The molecule has 0 radical (unpaired) electrons. The molecule has 1 aromatic carbocycles. The van der Waals surface area contributed by atoms with Gasteiger partial charge in [0.2, 0.25) is 5.91 Å². The number of nitro groups is 1. The van der Waals surface area contributed by atoms with Gasteiger partial charge in [0.25, 0.3) is 5.69 Å². The van der Waals surface area contributed by atoms with E-state index < -0.39 is 4.92 Å². The van der Waals surface area contributed by atoms with Crippen LogP contribution in [0.5, 0.6) is 5.75 Å². The highest BCUT2D eigenvalue weighted by Crippen LogP contribution is 2.29. The van der Waals surface area contributed by atoms with Gasteiger partial charge in [-0.15, -0.1) is 5.75 Å². The summed E-state index contributed by atoms with van der Waals surface area (Å²) in [5, 5.41) is 24.6. The normalized spacial score (nSPS) is 14.4. The van der Waals surface area contributed by atoms with Crippen molar-refractivity contribution in [3.05, 3.63) is 33.9 Å². The van der Waals surface area contributed by atoms with Crippen molar-refractivity contribution in [1.29, 1.82) is 0 Å². The molecule has 6 nitrogen and oxygen atoms in total. The molecule has 2 rings (SSSR count). The second-order valence-corrected chi connectivity index (χ2v) is 4.04. The third kappa shape index (κ3) is 2.72. The highest BCUT2D eigenvalue weighted by molar-refractivity contribution is 5.80. The molecule has 0 bridgehead atoms. The van der Waals surface area contributed by atoms with Crippen LogP contribution in [-0.2, 0) is 11.3 Å². The lowest BCUT2D eigenvalue weighted by Gasteiger charge is -2.13. The molecule has 0 unspecified atom stereocenters. The van der Waals surface area contributed by atoms with Crippen LogP contribution in [0.2, 0.25) is 0 Å². The van der Waals surface area contributed by atoms with E-state index in [2.05, 4.69) is 5.32 Å². The van der Waals surface area contributed by atoms with Gasteiger partial charge < -0.3 is 10.4 Å². The van der Waals surface area contributed by atoms with Gasteiger partial charge in [0.1, 0.15) is 0 Å². The summed E-state index contributed by atoms with van der Waals surface area (Å²) in [4.78, 5) is 21.3. The molecule has 1 aliphatic rings. The molecule has 1 aliphatic carbocycles. The van der Waals surface area contributed by atoms with Crippen molar-refractivity contribution >= 4 is 11.6 Å². The zero-order chi connectivity index (χ0) is 12.4. The van der Waals surface area contributed by atoms with E-state index in [0.717, 1.165) is 25.0 Å². The summed E-state index contributed by atoms with van der Waals surface area (Å²) in [7, 11) is 0. The van der Waals surface area contributed by atoms with E-state index in [1.54, 1.807) is 0 Å². The number of nitrogens with zero attached hydrogens (tertiary/aromatic N) is 1. The van der Waals surface area contributed by atoms with E-state index in [4.69, 9.17) is 0 Å². The Morgan fingerprint density at radius 3 is 2.76 bits per heavy atom. The van der Waals surface area contributed by atoms with Gasteiger partial charge in [-0.25, -0.2) is 0 Å². The zero-order valence-electron chi connectivity index (χ0n) is 9.01. The third-order valence-corrected chi connectivity index (χ3v) is 2.66. The van der Waals surface area contributed by atoms with Crippen LogP contribution in [-0.4, -0.2) is 10.8 Å². The van der Waals surface area contributed by atoms with Crippen molar-refractivity contribution in [3.63, 3.8) is 0 Å². The fourth-order valence-electron chi connectivity index (χ4n) is 1.49. The molecule has 1 aromatic rings. The largest absolute Gasteiger partial charge is 0.872 e. The Kier molecular flexibility index (Phi) is 2.95. The molecule has 17 heavy (non-hydrogen) atoms. The predicted octanol–water partition coefficient (Wildman–Crippen LogP) is 0.695. The number of benzene rings is 1. The average molecular weight is 235 g/mol. The van der Waals surface area contributed by atoms with Crippen LogP contribution < -0.4 is 10.4 Å². The number of nitrogens with one attached hydrogen (secondary N) is 1. The first-order chi connectivity index (χ1) is 8.08. The van der Waals surface area contributed by atoms with Crippen molar-refractivity contribution in [2.24, 2.45) is 5.92 Å². The van der Waals surface area contributed by atoms with Crippen molar-refractivity contribution < 1.29 is 14.8 Å². The van der Waals surface area contributed by atoms with Crippen LogP contribution in [0.15, 0.2) is 18.2 Å². The summed E-state index contributed by atoms with van der Waals surface area (Å²) in [6, 6.07) is 3.51. The zero-order valence-corrected chi connectivity index (χ0v) is 9.01. The van der Waals surface area contributed by atoms with Crippen molar-refractivity contribution in [1.82, 2.24) is 5.32 Å². The maximum absolute atomic E-state index is 11.4. The maximum Gasteiger partial charge on any atom is 0.269 e. The lowest BCUT2D eigenvalue weighted by molar-refractivity contribution is -0.385. The predicted molar refractivity (Wildman–Crippen MR) is 57.1 cm³/mol. The van der Waals surface area contributed by atoms with Crippen LogP contribution in [0.25, 0.3) is 0 Å². The van der Waals surface area contributed by atoms with Gasteiger partial charge in [0.15, 0.2) is 0 Å². The topological polar surface area (TPSA) is 95.3 Å². The Labute approximate surface area is 97.4 Å². The molecule has 0 heterocycles. The Morgan fingerprint density at radius 1 is 1.47 bits per heavy atom. The minimum Gasteiger partial charge on any atom is -0.872 e. The van der Waals surface area contributed by atoms with Crippen molar-refractivity contribution in [2.75, 3.05) is 0 Å². The second kappa shape index (κ2) is 4.40. The first-order valence-electron chi connectivity index (χ1n) is 5.30. The standard InChI is InChI=1S/C11H12N2O4/c14-10-4-3-9(13(16)17)5-8(10)6-12-11(15)7-1-2-7/h3-5,7,14H,1-2,6H2,(H,12,15)/p-1. The number of carbonyl (C=O) groups is 1. The molecule has 0 aliphatic heterocycles. The number of nitro benzene ring substituents is 1. The van der Waals surface area contributed by atoms with Gasteiger partial charge in [0, 0.05) is 24.6 Å². The lowest BCUT2D eigenvalue weighted by Crippen LogP contribution is -2.24. The minimum atomic E-state index is -0.564. The third-order valence-electron chi connectivity index (χ3n) is 2.66. The number of carbonyl (C=O) groups excluding carboxylic acids is 1. The molecule has 0 spiro atoms. The van der Waals surface area contributed by atoms with Gasteiger partial charge in [-0.2, -0.15) is 0 Å². The molecule has 6 heteroatoms. The Morgan fingerprint density at radius 2 is 2.18 bits per heavy atom. The van der Waals surface area contributed by atoms with E-state index in [9.17, 15) is 20.0 Å². The highest BCUT2D eigenvalue weighted by Gasteiger charge is 2.29. The average Bonchev–Trinajstić information content (AvgIpc) is 3.11. The summed E-state index contributed by atoms with van der Waals surface area (Å²) in [5.74, 6) is -0.327. The van der Waals surface area contributed by atoms with Crippen LogP contribution >= 0.6 is 0 Å². The summed E-state index contributed by atoms with van der Waals surface area (Å²) in [6.45, 7) is 0.0514. The number of rotatable bonds is 4. The van der Waals surface area contributed by atoms with Gasteiger partial charge in [-0.3, -0.25) is 14.9 Å². The lowest BCUT2D eigenvalue weighted by atomic mass is 10.1. The molecule has 90 valence electrons. The molecule has 0 aromatic heterocycles. The molecule has 0 saturated heterocycles. The molecule has 0 atom stereocenters. The Bertz CT molecular complexity index is 469. The Balaban J connectivity index is 2.05. The van der Waals surface area contributed by atoms with Gasteiger partial charge in [-0.1, -0.05) is 6.07 Å². The summed E-state index contributed by atoms with van der Waals surface area (Å²) < 4.78 is 0. The molecular formula is C11H11N2O4-. The van der Waals surface area contributed by atoms with E-state index in [-0.39, 0.29) is 35.4 Å². The van der Waals surface area contributed by atoms with E-state index in [0.29, 0.717) is 0 Å². The van der Waals surface area contributed by atoms with Crippen LogP contribution in [0, 0.1) is 16.0 Å².